The molecule has 0 aliphatic rings. The van der Waals surface area contributed by atoms with E-state index in [4.69, 9.17) is 0 Å². The van der Waals surface area contributed by atoms with Gasteiger partial charge in [-0.05, 0) is 96.3 Å². The fourth-order valence-corrected chi connectivity index (χ4v) is 5.07. The molecule has 290 valence electrons. The topological polar surface area (TPSA) is 69.6 Å². The summed E-state index contributed by atoms with van der Waals surface area (Å²) >= 11 is 0. The van der Waals surface area contributed by atoms with Crippen molar-refractivity contribution in [2.24, 2.45) is 0 Å². The first-order chi connectivity index (χ1) is 25.7. The minimum absolute atomic E-state index is 0.0834. The molecule has 0 aliphatic heterocycles. The van der Waals surface area contributed by atoms with Gasteiger partial charge in [0.05, 0.1) is 18.8 Å². The zero-order valence-corrected chi connectivity index (χ0v) is 33.0. The zero-order valence-electron chi connectivity index (χ0n) is 33.0. The average molecular weight is 714 g/mol. The maximum atomic E-state index is 12.2. The van der Waals surface area contributed by atoms with Crippen LogP contribution >= 0.6 is 0 Å². The Morgan fingerprint density at radius 2 is 0.846 bits per heavy atom. The highest BCUT2D eigenvalue weighted by Crippen LogP contribution is 2.09. The summed E-state index contributed by atoms with van der Waals surface area (Å²) in [5.41, 5.74) is 0. The highest BCUT2D eigenvalue weighted by Gasteiger charge is 2.19. The van der Waals surface area contributed by atoms with Gasteiger partial charge < -0.3 is 15.5 Å². The third-order valence-corrected chi connectivity index (χ3v) is 8.18. The second kappa shape index (κ2) is 41.9. The summed E-state index contributed by atoms with van der Waals surface area (Å²) in [5, 5.41) is 22.5. The fraction of sp³-hybridized carbons (Fsp3) is 0.521. The number of rotatable bonds is 34. The van der Waals surface area contributed by atoms with Crippen molar-refractivity contribution in [1.82, 2.24) is 5.32 Å². The summed E-state index contributed by atoms with van der Waals surface area (Å²) in [6.07, 6.45) is 67.3. The smallest absolute Gasteiger partial charge is 0.220 e. The molecular formula is C48H75NO3. The summed E-state index contributed by atoms with van der Waals surface area (Å²) in [6.45, 7) is 4.05. The monoisotopic (exact) mass is 714 g/mol. The fourth-order valence-electron chi connectivity index (χ4n) is 5.07. The molecule has 0 heterocycles. The van der Waals surface area contributed by atoms with Crippen molar-refractivity contribution in [3.05, 3.63) is 134 Å². The molecule has 4 heteroatoms. The Bertz CT molecular complexity index is 1130. The van der Waals surface area contributed by atoms with Gasteiger partial charge in [-0.1, -0.05) is 173 Å². The number of aliphatic hydroxyl groups is 2. The van der Waals surface area contributed by atoms with Crippen LogP contribution in [0.2, 0.25) is 0 Å². The van der Waals surface area contributed by atoms with Gasteiger partial charge in [0.25, 0.3) is 0 Å². The predicted octanol–water partition coefficient (Wildman–Crippen LogP) is 12.8. The summed E-state index contributed by atoms with van der Waals surface area (Å²) < 4.78 is 0. The molecule has 0 aromatic heterocycles. The van der Waals surface area contributed by atoms with Crippen LogP contribution in [0, 0.1) is 0 Å². The molecule has 0 bridgehead atoms. The van der Waals surface area contributed by atoms with E-state index in [9.17, 15) is 15.0 Å². The van der Waals surface area contributed by atoms with E-state index in [0.717, 1.165) is 116 Å². The maximum Gasteiger partial charge on any atom is 0.220 e. The quantitative estimate of drug-likeness (QED) is 0.0459. The van der Waals surface area contributed by atoms with Gasteiger partial charge in [-0.2, -0.15) is 0 Å². The molecule has 0 aromatic carbocycles. The number of carbonyl (C=O) groups is 1. The van der Waals surface area contributed by atoms with Gasteiger partial charge in [0, 0.05) is 6.42 Å². The molecule has 2 unspecified atom stereocenters. The first-order valence-corrected chi connectivity index (χ1v) is 20.4. The Morgan fingerprint density at radius 3 is 1.19 bits per heavy atom. The van der Waals surface area contributed by atoms with E-state index < -0.39 is 12.1 Å². The Labute approximate surface area is 320 Å². The lowest BCUT2D eigenvalue weighted by Gasteiger charge is -2.22. The number of hydrogen-bond acceptors (Lipinski definition) is 3. The molecule has 0 saturated heterocycles. The number of amides is 1. The summed E-state index contributed by atoms with van der Waals surface area (Å²) in [7, 11) is 0. The first kappa shape index (κ1) is 48.5. The van der Waals surface area contributed by atoms with Crippen LogP contribution < -0.4 is 5.32 Å². The molecular weight excluding hydrogens is 639 g/mol. The minimum atomic E-state index is -0.679. The van der Waals surface area contributed by atoms with E-state index in [1.165, 1.54) is 0 Å². The van der Waals surface area contributed by atoms with Crippen LogP contribution in [-0.2, 0) is 4.79 Å². The SMILES string of the molecule is CC/C=C\C/C=C\C/C=C\C/C=C\C/C=C\C/C=C\C/C=C\C/C=C\C/C=C\C/C=C\C/C=C\CCCCCC(=O)NC(CO)C(O)CCCCC. The van der Waals surface area contributed by atoms with Crippen LogP contribution in [0.5, 0.6) is 0 Å². The summed E-state index contributed by atoms with van der Waals surface area (Å²) in [4.78, 5) is 12.2. The Balaban J connectivity index is 3.69. The van der Waals surface area contributed by atoms with Gasteiger partial charge in [0.2, 0.25) is 5.91 Å². The normalized spacial score (nSPS) is 14.5. The van der Waals surface area contributed by atoms with Gasteiger partial charge in [0.1, 0.15) is 0 Å². The van der Waals surface area contributed by atoms with Crippen LogP contribution in [0.4, 0.5) is 0 Å². The van der Waals surface area contributed by atoms with Gasteiger partial charge in [-0.25, -0.2) is 0 Å². The Hall–Kier alpha value is -3.47. The lowest BCUT2D eigenvalue weighted by Crippen LogP contribution is -2.45. The highest BCUT2D eigenvalue weighted by molar-refractivity contribution is 5.76. The van der Waals surface area contributed by atoms with Crippen LogP contribution in [0.1, 0.15) is 142 Å². The molecule has 0 fully saturated rings. The molecule has 0 rings (SSSR count). The molecule has 52 heavy (non-hydrogen) atoms. The van der Waals surface area contributed by atoms with E-state index in [-0.39, 0.29) is 12.5 Å². The van der Waals surface area contributed by atoms with E-state index >= 15 is 0 Å². The number of aliphatic hydroxyl groups excluding tert-OH is 2. The van der Waals surface area contributed by atoms with E-state index in [1.54, 1.807) is 0 Å². The summed E-state index contributed by atoms with van der Waals surface area (Å²) in [6, 6.07) is -0.559. The number of hydrogen-bond donors (Lipinski definition) is 3. The minimum Gasteiger partial charge on any atom is -0.394 e. The highest BCUT2D eigenvalue weighted by atomic mass is 16.3. The number of allylic oxidation sites excluding steroid dienone is 22. The molecule has 3 N–H and O–H groups in total. The van der Waals surface area contributed by atoms with Crippen molar-refractivity contribution in [3.63, 3.8) is 0 Å². The zero-order chi connectivity index (χ0) is 37.8. The van der Waals surface area contributed by atoms with Gasteiger partial charge >= 0.3 is 0 Å². The van der Waals surface area contributed by atoms with Crippen molar-refractivity contribution in [1.29, 1.82) is 0 Å². The lowest BCUT2D eigenvalue weighted by atomic mass is 10.0. The molecule has 0 aromatic rings. The second-order valence-electron chi connectivity index (χ2n) is 13.0. The molecule has 2 atom stereocenters. The van der Waals surface area contributed by atoms with Gasteiger partial charge in [0.15, 0.2) is 0 Å². The number of unbranched alkanes of at least 4 members (excludes halogenated alkanes) is 5. The van der Waals surface area contributed by atoms with Crippen molar-refractivity contribution in [3.8, 4) is 0 Å². The average Bonchev–Trinajstić information content (AvgIpc) is 3.15. The van der Waals surface area contributed by atoms with E-state index in [1.807, 2.05) is 0 Å². The number of carbonyl (C=O) groups excluding carboxylic acids is 1. The van der Waals surface area contributed by atoms with E-state index in [2.05, 4.69) is 153 Å². The van der Waals surface area contributed by atoms with Crippen molar-refractivity contribution in [2.75, 3.05) is 6.61 Å². The Kier molecular flexibility index (Phi) is 39.1. The van der Waals surface area contributed by atoms with Crippen molar-refractivity contribution >= 4 is 5.91 Å². The molecule has 0 spiro atoms. The van der Waals surface area contributed by atoms with Crippen LogP contribution in [-0.4, -0.2) is 34.9 Å². The molecule has 0 saturated carbocycles. The lowest BCUT2D eigenvalue weighted by molar-refractivity contribution is -0.123. The number of nitrogens with one attached hydrogen (secondary N) is 1. The standard InChI is InChI=1S/C48H75NO3/c1-3-5-7-8-9-10-11-12-13-14-15-16-17-18-19-20-21-22-23-24-25-26-27-28-29-30-31-32-33-34-35-36-37-38-39-40-42-44-48(52)49-46(45-50)47(51)43-41-6-4-2/h5,7,9-10,12-13,15-16,18-19,21-22,24-25,27-28,30-31,33-34,36-37,46-47,50-51H,3-4,6,8,11,14,17,20,23,26,29,32,35,38-45H2,1-2H3,(H,49,52)/b7-5-,10-9-,13-12-,16-15-,19-18-,22-21-,25-24-,28-27-,31-30-,34-33-,37-36-. The summed E-state index contributed by atoms with van der Waals surface area (Å²) in [5.74, 6) is -0.0834. The van der Waals surface area contributed by atoms with Crippen LogP contribution in [0.3, 0.4) is 0 Å². The molecule has 1 amide bonds. The molecule has 0 aliphatic carbocycles. The maximum absolute atomic E-state index is 12.2. The largest absolute Gasteiger partial charge is 0.394 e. The van der Waals surface area contributed by atoms with Crippen molar-refractivity contribution in [2.45, 2.75) is 154 Å². The van der Waals surface area contributed by atoms with Gasteiger partial charge in [-0.3, -0.25) is 4.79 Å². The van der Waals surface area contributed by atoms with E-state index in [0.29, 0.717) is 12.8 Å². The van der Waals surface area contributed by atoms with Gasteiger partial charge in [-0.15, -0.1) is 0 Å². The van der Waals surface area contributed by atoms with Crippen LogP contribution in [0.15, 0.2) is 134 Å². The predicted molar refractivity (Wildman–Crippen MR) is 229 cm³/mol. The second-order valence-corrected chi connectivity index (χ2v) is 13.0. The van der Waals surface area contributed by atoms with Crippen LogP contribution in [0.25, 0.3) is 0 Å². The Morgan fingerprint density at radius 1 is 0.481 bits per heavy atom. The molecule has 0 radical (unpaired) electrons. The third kappa shape index (κ3) is 37.8. The first-order valence-electron chi connectivity index (χ1n) is 20.4. The molecule has 4 nitrogen and oxygen atoms in total. The third-order valence-electron chi connectivity index (χ3n) is 8.18. The van der Waals surface area contributed by atoms with Crippen molar-refractivity contribution < 1.29 is 15.0 Å².